The summed E-state index contributed by atoms with van der Waals surface area (Å²) in [5.41, 5.74) is 0.962. The van der Waals surface area contributed by atoms with E-state index >= 15 is 0 Å². The number of aliphatic carboxylic acids is 2. The second-order valence-electron chi connectivity index (χ2n) is 13.3. The second kappa shape index (κ2) is 14.5. The number of carboxylic acid groups (broad SMARTS) is 2. The van der Waals surface area contributed by atoms with E-state index in [1.807, 2.05) is 24.3 Å². The van der Waals surface area contributed by atoms with Crippen LogP contribution < -0.4 is 10.1 Å². The first-order valence-electron chi connectivity index (χ1n) is 16.5. The van der Waals surface area contributed by atoms with Crippen LogP contribution in [0.4, 0.5) is 0 Å². The average Bonchev–Trinajstić information content (AvgIpc) is 3.61. The highest BCUT2D eigenvalue weighted by molar-refractivity contribution is 6.36. The molecule has 2 saturated carbocycles. The van der Waals surface area contributed by atoms with Crippen molar-refractivity contribution in [3.63, 3.8) is 0 Å². The number of para-hydroxylation sites is 1. The number of hydrogen-bond donors (Lipinski definition) is 4. The predicted molar refractivity (Wildman–Crippen MR) is 181 cm³/mol. The van der Waals surface area contributed by atoms with Gasteiger partial charge in [-0.05, 0) is 74.1 Å². The van der Waals surface area contributed by atoms with Crippen LogP contribution in [-0.4, -0.2) is 88.4 Å². The fourth-order valence-electron chi connectivity index (χ4n) is 8.35. The topological polar surface area (TPSA) is 140 Å². The van der Waals surface area contributed by atoms with E-state index in [2.05, 4.69) is 10.2 Å². The van der Waals surface area contributed by atoms with Crippen molar-refractivity contribution in [2.75, 3.05) is 33.3 Å². The van der Waals surface area contributed by atoms with Gasteiger partial charge in [-0.3, -0.25) is 9.69 Å². The number of ether oxygens (including phenoxy) is 1. The molecule has 4 aliphatic rings. The molecule has 2 aliphatic carbocycles. The van der Waals surface area contributed by atoms with Crippen LogP contribution in [0.15, 0.2) is 65.0 Å². The van der Waals surface area contributed by atoms with Gasteiger partial charge < -0.3 is 30.3 Å². The van der Waals surface area contributed by atoms with Crippen molar-refractivity contribution in [3.8, 4) is 5.75 Å². The largest absolute Gasteiger partial charge is 0.496 e. The molecule has 4 N–H and O–H groups in total. The molecule has 0 spiro atoms. The van der Waals surface area contributed by atoms with Gasteiger partial charge in [0.25, 0.3) is 0 Å². The Bertz CT molecular complexity index is 1620. The standard InChI is InChI=1S/C36H41Cl2N3O7/c1-48-29-8-3-2-5-20(29)9-10-27-32(35(44)45)34(31-25(37)6-4-7-26(31)38)33(36(46)47)28(39-27)19-30(43)41-13-11-40(12-14-41)23-15-21-17-24(42)18-22(21)16-23/h2-8,21-24,34,39,42H,9-19H2,1H3,(H,44,45)(H,46,47). The number of nitrogens with zero attached hydrogens (tertiary/aromatic N) is 2. The summed E-state index contributed by atoms with van der Waals surface area (Å²) >= 11 is 13.2. The molecule has 2 heterocycles. The molecule has 2 aromatic carbocycles. The average molecular weight is 699 g/mol. The van der Waals surface area contributed by atoms with Crippen molar-refractivity contribution in [1.82, 2.24) is 15.1 Å². The molecule has 2 aliphatic heterocycles. The van der Waals surface area contributed by atoms with Gasteiger partial charge in [0.15, 0.2) is 0 Å². The summed E-state index contributed by atoms with van der Waals surface area (Å²) in [4.78, 5) is 44.0. The van der Waals surface area contributed by atoms with Gasteiger partial charge in [-0.15, -0.1) is 0 Å². The number of carbonyl (C=O) groups is 3. The molecule has 1 amide bonds. The van der Waals surface area contributed by atoms with Crippen LogP contribution in [0, 0.1) is 11.8 Å². The van der Waals surface area contributed by atoms with E-state index in [9.17, 15) is 29.7 Å². The molecular weight excluding hydrogens is 657 g/mol. The Morgan fingerprint density at radius 2 is 1.44 bits per heavy atom. The van der Waals surface area contributed by atoms with Crippen LogP contribution in [-0.2, 0) is 20.8 Å². The first-order valence-corrected chi connectivity index (χ1v) is 17.3. The number of nitrogens with one attached hydrogen (secondary N) is 1. The van der Waals surface area contributed by atoms with E-state index in [4.69, 9.17) is 27.9 Å². The summed E-state index contributed by atoms with van der Waals surface area (Å²) in [7, 11) is 1.56. The summed E-state index contributed by atoms with van der Waals surface area (Å²) in [6, 6.07) is 12.6. The van der Waals surface area contributed by atoms with Crippen molar-refractivity contribution >= 4 is 41.0 Å². The van der Waals surface area contributed by atoms with Crippen molar-refractivity contribution in [3.05, 3.63) is 86.2 Å². The minimum Gasteiger partial charge on any atom is -0.496 e. The molecule has 0 aromatic heterocycles. The summed E-state index contributed by atoms with van der Waals surface area (Å²) < 4.78 is 5.50. The number of methoxy groups -OCH3 is 1. The maximum Gasteiger partial charge on any atom is 0.334 e. The zero-order chi connectivity index (χ0) is 34.1. The van der Waals surface area contributed by atoms with Crippen LogP contribution in [0.2, 0.25) is 10.0 Å². The lowest BCUT2D eigenvalue weighted by Gasteiger charge is -2.39. The summed E-state index contributed by atoms with van der Waals surface area (Å²) in [6.07, 6.45) is 4.08. The maximum atomic E-state index is 13.8. The molecule has 1 saturated heterocycles. The third-order valence-corrected chi connectivity index (χ3v) is 11.3. The fourth-order valence-corrected chi connectivity index (χ4v) is 8.96. The molecule has 0 radical (unpaired) electrons. The van der Waals surface area contributed by atoms with E-state index in [1.165, 1.54) is 0 Å². The normalized spacial score (nSPS) is 26.0. The first-order chi connectivity index (χ1) is 23.0. The van der Waals surface area contributed by atoms with Crippen LogP contribution in [0.25, 0.3) is 0 Å². The Morgan fingerprint density at radius 3 is 2.04 bits per heavy atom. The smallest absolute Gasteiger partial charge is 0.334 e. The summed E-state index contributed by atoms with van der Waals surface area (Å²) in [6.45, 7) is 2.47. The number of aliphatic hydroxyl groups excluding tert-OH is 1. The Labute approximate surface area is 290 Å². The number of aryl methyl sites for hydroxylation is 1. The van der Waals surface area contributed by atoms with E-state index in [-0.39, 0.29) is 63.0 Å². The lowest BCUT2D eigenvalue weighted by Crippen LogP contribution is -2.52. The van der Waals surface area contributed by atoms with Gasteiger partial charge in [-0.1, -0.05) is 47.5 Å². The van der Waals surface area contributed by atoms with E-state index in [0.29, 0.717) is 43.1 Å². The number of rotatable bonds is 10. The molecule has 3 unspecified atom stereocenters. The predicted octanol–water partition coefficient (Wildman–Crippen LogP) is 5.08. The number of hydrogen-bond acceptors (Lipinski definition) is 7. The van der Waals surface area contributed by atoms with Gasteiger partial charge in [-0.2, -0.15) is 0 Å². The molecule has 12 heteroatoms. The number of piperazine rings is 1. The highest BCUT2D eigenvalue weighted by Gasteiger charge is 2.44. The van der Waals surface area contributed by atoms with Gasteiger partial charge in [0.05, 0.1) is 36.7 Å². The highest BCUT2D eigenvalue weighted by Crippen LogP contribution is 2.47. The zero-order valence-electron chi connectivity index (χ0n) is 26.8. The molecule has 3 fully saturated rings. The Balaban J connectivity index is 1.27. The number of carbonyl (C=O) groups excluding carboxylic acids is 1. The quantitative estimate of drug-likeness (QED) is 0.268. The molecule has 6 rings (SSSR count). The number of aliphatic hydroxyl groups is 1. The van der Waals surface area contributed by atoms with E-state index < -0.39 is 17.9 Å². The number of carboxylic acids is 2. The Kier molecular flexibility index (Phi) is 10.4. The van der Waals surface area contributed by atoms with Crippen molar-refractivity contribution in [1.29, 1.82) is 0 Å². The van der Waals surface area contributed by atoms with Crippen LogP contribution in [0.5, 0.6) is 5.75 Å². The number of amides is 1. The Hall–Kier alpha value is -3.57. The number of allylic oxidation sites excluding steroid dienone is 1. The third-order valence-electron chi connectivity index (χ3n) is 10.6. The zero-order valence-corrected chi connectivity index (χ0v) is 28.3. The fraction of sp³-hybridized carbons (Fsp3) is 0.472. The lowest BCUT2D eigenvalue weighted by atomic mass is 9.78. The number of fused-ring (bicyclic) bond motifs is 1. The third kappa shape index (κ3) is 6.94. The van der Waals surface area contributed by atoms with E-state index in [1.54, 1.807) is 30.2 Å². The molecule has 48 heavy (non-hydrogen) atoms. The minimum absolute atomic E-state index is 0.123. The highest BCUT2D eigenvalue weighted by atomic mass is 35.5. The van der Waals surface area contributed by atoms with Crippen LogP contribution in [0.3, 0.4) is 0 Å². The number of benzene rings is 2. The van der Waals surface area contributed by atoms with Gasteiger partial charge in [0, 0.05) is 59.2 Å². The van der Waals surface area contributed by atoms with Gasteiger partial charge >= 0.3 is 11.9 Å². The molecule has 256 valence electrons. The van der Waals surface area contributed by atoms with E-state index in [0.717, 1.165) is 44.3 Å². The summed E-state index contributed by atoms with van der Waals surface area (Å²) in [5, 5.41) is 34.5. The molecule has 2 aromatic rings. The van der Waals surface area contributed by atoms with Crippen molar-refractivity contribution in [2.24, 2.45) is 11.8 Å². The lowest BCUT2D eigenvalue weighted by molar-refractivity contribution is -0.133. The monoisotopic (exact) mass is 697 g/mol. The Morgan fingerprint density at radius 1 is 0.833 bits per heavy atom. The van der Waals surface area contributed by atoms with Crippen LogP contribution >= 0.6 is 23.2 Å². The first kappa shape index (κ1) is 34.3. The van der Waals surface area contributed by atoms with Gasteiger partial charge in [0.2, 0.25) is 5.91 Å². The van der Waals surface area contributed by atoms with Crippen molar-refractivity contribution in [2.45, 2.75) is 63.0 Å². The molecule has 10 nitrogen and oxygen atoms in total. The molecule has 0 bridgehead atoms. The number of halogens is 2. The van der Waals surface area contributed by atoms with Crippen molar-refractivity contribution < 1.29 is 34.4 Å². The maximum absolute atomic E-state index is 13.8. The van der Waals surface area contributed by atoms with Gasteiger partial charge in [0.1, 0.15) is 5.75 Å². The van der Waals surface area contributed by atoms with Crippen LogP contribution in [0.1, 0.15) is 55.6 Å². The minimum atomic E-state index is -1.37. The number of dihydropyridines is 1. The van der Waals surface area contributed by atoms with Gasteiger partial charge in [-0.25, -0.2) is 9.59 Å². The second-order valence-corrected chi connectivity index (χ2v) is 14.1. The summed E-state index contributed by atoms with van der Waals surface area (Å²) in [5.74, 6) is -2.46. The molecule has 3 atom stereocenters. The SMILES string of the molecule is COc1ccccc1CCC1=C(C(=O)O)C(c2c(Cl)cccc2Cl)C(C(=O)O)=C(CC(=O)N2CCN(C3CC4CC(O)CC4C3)CC2)N1. The molecular formula is C36H41Cl2N3O7.